The lowest BCUT2D eigenvalue weighted by atomic mass is 10.1. The van der Waals surface area contributed by atoms with Gasteiger partial charge in [-0.3, -0.25) is 0 Å². The summed E-state index contributed by atoms with van der Waals surface area (Å²) in [6.07, 6.45) is 0. The maximum Gasteiger partial charge on any atom is 0.174 e. The number of hydrogen-bond donors (Lipinski definition) is 1. The molecule has 2 rings (SSSR count). The van der Waals surface area contributed by atoms with E-state index in [0.29, 0.717) is 12.5 Å². The maximum absolute atomic E-state index is 5.99. The van der Waals surface area contributed by atoms with Gasteiger partial charge in [-0.05, 0) is 58.3 Å². The van der Waals surface area contributed by atoms with Crippen molar-refractivity contribution < 1.29 is 9.47 Å². The lowest BCUT2D eigenvalue weighted by molar-refractivity contribution is 0.282. The Morgan fingerprint density at radius 2 is 1.79 bits per heavy atom. The number of benzene rings is 2. The summed E-state index contributed by atoms with van der Waals surface area (Å²) < 4.78 is 12.6. The number of halogens is 2. The number of nitrogens with one attached hydrogen (secondary N) is 1. The number of hydrogen-bond acceptors (Lipinski definition) is 3. The van der Waals surface area contributed by atoms with Crippen molar-refractivity contribution in [2.75, 3.05) is 13.7 Å². The molecule has 0 saturated carbocycles. The molecule has 0 fully saturated rings. The van der Waals surface area contributed by atoms with Crippen LogP contribution in [-0.4, -0.2) is 13.7 Å². The van der Waals surface area contributed by atoms with Crippen LogP contribution in [0, 0.1) is 9.49 Å². The molecule has 0 aliphatic heterocycles. The molecule has 0 amide bonds. The molecule has 2 aromatic rings. The highest BCUT2D eigenvalue weighted by atomic mass is 127. The zero-order valence-corrected chi connectivity index (χ0v) is 17.3. The van der Waals surface area contributed by atoms with Gasteiger partial charge in [0, 0.05) is 6.54 Å². The van der Waals surface area contributed by atoms with Crippen molar-refractivity contribution in [2.45, 2.75) is 27.0 Å². The van der Waals surface area contributed by atoms with Crippen LogP contribution in [0.2, 0.25) is 0 Å². The lowest BCUT2D eigenvalue weighted by Gasteiger charge is -2.15. The molecule has 0 aliphatic carbocycles. The summed E-state index contributed by atoms with van der Waals surface area (Å²) in [5.74, 6) is 2.24. The third kappa shape index (κ3) is 6.49. The van der Waals surface area contributed by atoms with Gasteiger partial charge in [-0.2, -0.15) is 0 Å². The van der Waals surface area contributed by atoms with Crippen LogP contribution in [0.4, 0.5) is 0 Å². The fourth-order valence-electron chi connectivity index (χ4n) is 2.25. The number of ether oxygens (including phenoxy) is 2. The van der Waals surface area contributed by atoms with E-state index in [1.165, 1.54) is 5.56 Å². The SMILES string of the molecule is COc1cc(CNCC(C)C)cc(I)c1OCc1ccccc1.Cl. The summed E-state index contributed by atoms with van der Waals surface area (Å²) in [6, 6.07) is 14.4. The van der Waals surface area contributed by atoms with Crippen LogP contribution in [0.25, 0.3) is 0 Å². The van der Waals surface area contributed by atoms with Gasteiger partial charge in [0.05, 0.1) is 10.7 Å². The minimum atomic E-state index is 0. The molecule has 0 atom stereocenters. The zero-order chi connectivity index (χ0) is 16.7. The van der Waals surface area contributed by atoms with Crippen LogP contribution in [0.15, 0.2) is 42.5 Å². The molecular formula is C19H25ClINO2. The first-order valence-electron chi connectivity index (χ1n) is 7.84. The molecule has 2 aromatic carbocycles. The molecule has 0 bridgehead atoms. The highest BCUT2D eigenvalue weighted by Gasteiger charge is 2.12. The Labute approximate surface area is 164 Å². The first-order valence-corrected chi connectivity index (χ1v) is 8.92. The smallest absolute Gasteiger partial charge is 0.174 e. The van der Waals surface area contributed by atoms with E-state index in [9.17, 15) is 0 Å². The fraction of sp³-hybridized carbons (Fsp3) is 0.368. The highest BCUT2D eigenvalue weighted by molar-refractivity contribution is 14.1. The molecule has 132 valence electrons. The molecule has 0 heterocycles. The van der Waals surface area contributed by atoms with Crippen molar-refractivity contribution in [3.63, 3.8) is 0 Å². The van der Waals surface area contributed by atoms with Crippen LogP contribution in [0.1, 0.15) is 25.0 Å². The number of rotatable bonds is 8. The van der Waals surface area contributed by atoms with Crippen LogP contribution < -0.4 is 14.8 Å². The first-order chi connectivity index (χ1) is 11.1. The van der Waals surface area contributed by atoms with Crippen molar-refractivity contribution in [2.24, 2.45) is 5.92 Å². The summed E-state index contributed by atoms with van der Waals surface area (Å²) in [5.41, 5.74) is 2.35. The Kier molecular flexibility index (Phi) is 9.48. The number of methoxy groups -OCH3 is 1. The standard InChI is InChI=1S/C19H24INO2.ClH/c1-14(2)11-21-12-16-9-17(20)19(18(10-16)22-3)23-13-15-7-5-4-6-8-15;/h4-10,14,21H,11-13H2,1-3H3;1H. The van der Waals surface area contributed by atoms with Crippen molar-refractivity contribution in [1.29, 1.82) is 0 Å². The van der Waals surface area contributed by atoms with E-state index < -0.39 is 0 Å². The van der Waals surface area contributed by atoms with Gasteiger partial charge < -0.3 is 14.8 Å². The Hall–Kier alpha value is -0.980. The van der Waals surface area contributed by atoms with E-state index in [-0.39, 0.29) is 12.4 Å². The molecule has 5 heteroatoms. The molecule has 3 nitrogen and oxygen atoms in total. The van der Waals surface area contributed by atoms with E-state index in [1.54, 1.807) is 7.11 Å². The second-order valence-corrected chi connectivity index (χ2v) is 7.07. The average Bonchev–Trinajstić information content (AvgIpc) is 2.54. The van der Waals surface area contributed by atoms with Crippen LogP contribution >= 0.6 is 35.0 Å². The molecule has 0 unspecified atom stereocenters. The summed E-state index contributed by atoms with van der Waals surface area (Å²) in [4.78, 5) is 0. The second-order valence-electron chi connectivity index (χ2n) is 5.91. The van der Waals surface area contributed by atoms with Crippen molar-refractivity contribution in [1.82, 2.24) is 5.32 Å². The molecule has 0 spiro atoms. The van der Waals surface area contributed by atoms with Crippen LogP contribution in [-0.2, 0) is 13.2 Å². The summed E-state index contributed by atoms with van der Waals surface area (Å²) in [7, 11) is 1.69. The Morgan fingerprint density at radius 1 is 1.08 bits per heavy atom. The van der Waals surface area contributed by atoms with Gasteiger partial charge in [-0.1, -0.05) is 44.2 Å². The molecule has 24 heavy (non-hydrogen) atoms. The quantitative estimate of drug-likeness (QED) is 0.558. The van der Waals surface area contributed by atoms with E-state index in [4.69, 9.17) is 9.47 Å². The third-order valence-corrected chi connectivity index (χ3v) is 4.20. The molecule has 0 aliphatic rings. The average molecular weight is 462 g/mol. The van der Waals surface area contributed by atoms with Gasteiger partial charge in [0.15, 0.2) is 11.5 Å². The minimum Gasteiger partial charge on any atom is -0.493 e. The van der Waals surface area contributed by atoms with Gasteiger partial charge in [0.2, 0.25) is 0 Å². The van der Waals surface area contributed by atoms with Gasteiger partial charge in [0.1, 0.15) is 6.61 Å². The van der Waals surface area contributed by atoms with E-state index in [1.807, 2.05) is 18.2 Å². The maximum atomic E-state index is 5.99. The van der Waals surface area contributed by atoms with Crippen molar-refractivity contribution >= 4 is 35.0 Å². The van der Waals surface area contributed by atoms with E-state index in [2.05, 4.69) is 66.0 Å². The Bertz CT molecular complexity index is 620. The molecule has 0 saturated heterocycles. The van der Waals surface area contributed by atoms with Crippen molar-refractivity contribution in [3.05, 3.63) is 57.2 Å². The summed E-state index contributed by atoms with van der Waals surface area (Å²) in [5, 5.41) is 3.46. The molecule has 1 N–H and O–H groups in total. The largest absolute Gasteiger partial charge is 0.493 e. The third-order valence-electron chi connectivity index (χ3n) is 3.40. The van der Waals surface area contributed by atoms with E-state index in [0.717, 1.165) is 33.7 Å². The van der Waals surface area contributed by atoms with Crippen LogP contribution in [0.3, 0.4) is 0 Å². The summed E-state index contributed by atoms with van der Waals surface area (Å²) in [6.45, 7) is 6.79. The topological polar surface area (TPSA) is 30.5 Å². The molecule has 0 aromatic heterocycles. The Balaban J connectivity index is 0.00000288. The highest BCUT2D eigenvalue weighted by Crippen LogP contribution is 2.34. The van der Waals surface area contributed by atoms with Gasteiger partial charge in [-0.15, -0.1) is 12.4 Å². The van der Waals surface area contributed by atoms with Gasteiger partial charge >= 0.3 is 0 Å². The normalized spacial score (nSPS) is 10.4. The van der Waals surface area contributed by atoms with Crippen LogP contribution in [0.5, 0.6) is 11.5 Å². The predicted octanol–water partition coefficient (Wildman–Crippen LogP) is 5.05. The monoisotopic (exact) mass is 461 g/mol. The van der Waals surface area contributed by atoms with Gasteiger partial charge in [0.25, 0.3) is 0 Å². The minimum absolute atomic E-state index is 0. The molecular weight excluding hydrogens is 437 g/mol. The Morgan fingerprint density at radius 3 is 2.42 bits per heavy atom. The predicted molar refractivity (Wildman–Crippen MR) is 110 cm³/mol. The fourth-order valence-corrected chi connectivity index (χ4v) is 3.07. The zero-order valence-electron chi connectivity index (χ0n) is 14.3. The second kappa shape index (κ2) is 10.8. The first kappa shape index (κ1) is 21.1. The van der Waals surface area contributed by atoms with Gasteiger partial charge in [-0.25, -0.2) is 0 Å². The van der Waals surface area contributed by atoms with E-state index >= 15 is 0 Å². The molecule has 0 radical (unpaired) electrons. The summed E-state index contributed by atoms with van der Waals surface area (Å²) >= 11 is 2.31. The van der Waals surface area contributed by atoms with Crippen molar-refractivity contribution in [3.8, 4) is 11.5 Å². The lowest BCUT2D eigenvalue weighted by Crippen LogP contribution is -2.19.